The number of carboxylic acids is 1. The van der Waals surface area contributed by atoms with E-state index in [9.17, 15) is 13.6 Å². The number of benzene rings is 1. The van der Waals surface area contributed by atoms with E-state index < -0.39 is 23.6 Å². The number of likely N-dealkylation sites (tertiary alicyclic amines) is 1. The molecule has 1 unspecified atom stereocenters. The molecular weight excluding hydrogens is 356 g/mol. The lowest BCUT2D eigenvalue weighted by Gasteiger charge is -2.36. The van der Waals surface area contributed by atoms with Crippen LogP contribution in [0.2, 0.25) is 4.34 Å². The number of halogens is 3. The van der Waals surface area contributed by atoms with Crippen molar-refractivity contribution in [3.8, 4) is 0 Å². The Morgan fingerprint density at radius 3 is 2.50 bits per heavy atom. The number of aliphatic carboxylic acids is 1. The van der Waals surface area contributed by atoms with Crippen LogP contribution in [0.1, 0.15) is 29.3 Å². The van der Waals surface area contributed by atoms with E-state index in [1.807, 2.05) is 11.0 Å². The van der Waals surface area contributed by atoms with Crippen LogP contribution >= 0.6 is 22.9 Å². The number of rotatable bonds is 4. The summed E-state index contributed by atoms with van der Waals surface area (Å²) in [6.07, 6.45) is 1.02. The number of hydrogen-bond acceptors (Lipinski definition) is 3. The van der Waals surface area contributed by atoms with Crippen LogP contribution in [0.3, 0.4) is 0 Å². The SMILES string of the molecule is O=C(O)C1CCN(C(c2ccc(Cl)s2)c2ccc(F)cc2F)CC1. The summed E-state index contributed by atoms with van der Waals surface area (Å²) >= 11 is 7.38. The van der Waals surface area contributed by atoms with Crippen molar-refractivity contribution >= 4 is 28.9 Å². The molecule has 1 saturated heterocycles. The Kier molecular flexibility index (Phi) is 5.18. The van der Waals surface area contributed by atoms with Gasteiger partial charge in [0.25, 0.3) is 0 Å². The molecule has 1 N–H and O–H groups in total. The van der Waals surface area contributed by atoms with E-state index in [-0.39, 0.29) is 5.92 Å². The highest BCUT2D eigenvalue weighted by Gasteiger charge is 2.32. The lowest BCUT2D eigenvalue weighted by molar-refractivity contribution is -0.143. The minimum absolute atomic E-state index is 0.369. The third kappa shape index (κ3) is 3.61. The van der Waals surface area contributed by atoms with Crippen molar-refractivity contribution in [1.82, 2.24) is 4.90 Å². The Balaban J connectivity index is 1.93. The Morgan fingerprint density at radius 1 is 1.25 bits per heavy atom. The van der Waals surface area contributed by atoms with Crippen LogP contribution in [-0.4, -0.2) is 29.1 Å². The molecule has 0 bridgehead atoms. The molecule has 3 nitrogen and oxygen atoms in total. The highest BCUT2D eigenvalue weighted by atomic mass is 35.5. The normalized spacial score (nSPS) is 17.8. The molecule has 0 radical (unpaired) electrons. The van der Waals surface area contributed by atoms with Crippen LogP contribution in [0.25, 0.3) is 0 Å². The van der Waals surface area contributed by atoms with Gasteiger partial charge in [-0.25, -0.2) is 8.78 Å². The van der Waals surface area contributed by atoms with Crippen molar-refractivity contribution < 1.29 is 18.7 Å². The molecule has 24 heavy (non-hydrogen) atoms. The van der Waals surface area contributed by atoms with Gasteiger partial charge in [0.15, 0.2) is 0 Å². The number of carboxylic acid groups (broad SMARTS) is 1. The zero-order valence-electron chi connectivity index (χ0n) is 12.7. The minimum atomic E-state index is -0.793. The summed E-state index contributed by atoms with van der Waals surface area (Å²) in [7, 11) is 0. The quantitative estimate of drug-likeness (QED) is 0.856. The molecule has 1 aromatic heterocycles. The van der Waals surface area contributed by atoms with Crippen LogP contribution in [0.15, 0.2) is 30.3 Å². The van der Waals surface area contributed by atoms with E-state index in [4.69, 9.17) is 16.7 Å². The van der Waals surface area contributed by atoms with Gasteiger partial charge in [0.2, 0.25) is 0 Å². The molecule has 0 amide bonds. The van der Waals surface area contributed by atoms with Crippen molar-refractivity contribution in [2.45, 2.75) is 18.9 Å². The van der Waals surface area contributed by atoms with Crippen molar-refractivity contribution in [2.24, 2.45) is 5.92 Å². The summed E-state index contributed by atoms with van der Waals surface area (Å²) in [6, 6.07) is 6.76. The number of piperidine rings is 1. The average molecular weight is 372 g/mol. The second kappa shape index (κ2) is 7.17. The molecule has 0 spiro atoms. The largest absolute Gasteiger partial charge is 0.481 e. The summed E-state index contributed by atoms with van der Waals surface area (Å²) in [4.78, 5) is 14.0. The monoisotopic (exact) mass is 371 g/mol. The molecular formula is C17H16ClF2NO2S. The van der Waals surface area contributed by atoms with Crippen molar-refractivity contribution in [1.29, 1.82) is 0 Å². The molecule has 128 valence electrons. The van der Waals surface area contributed by atoms with Crippen molar-refractivity contribution in [3.63, 3.8) is 0 Å². The molecule has 1 aliphatic heterocycles. The maximum atomic E-state index is 14.4. The van der Waals surface area contributed by atoms with Gasteiger partial charge in [-0.2, -0.15) is 0 Å². The first-order valence-corrected chi connectivity index (χ1v) is 8.82. The topological polar surface area (TPSA) is 40.5 Å². The lowest BCUT2D eigenvalue weighted by atomic mass is 9.93. The van der Waals surface area contributed by atoms with E-state index in [0.717, 1.165) is 10.9 Å². The van der Waals surface area contributed by atoms with Crippen LogP contribution in [0.4, 0.5) is 8.78 Å². The summed E-state index contributed by atoms with van der Waals surface area (Å²) in [5.74, 6) is -2.39. The Labute approximate surface area is 147 Å². The zero-order valence-corrected chi connectivity index (χ0v) is 14.3. The third-order valence-electron chi connectivity index (χ3n) is 4.36. The van der Waals surface area contributed by atoms with Crippen LogP contribution in [-0.2, 0) is 4.79 Å². The molecule has 0 aliphatic carbocycles. The molecule has 0 saturated carbocycles. The Hall–Kier alpha value is -1.50. The van der Waals surface area contributed by atoms with Gasteiger partial charge >= 0.3 is 5.97 Å². The molecule has 1 fully saturated rings. The lowest BCUT2D eigenvalue weighted by Crippen LogP contribution is -2.39. The van der Waals surface area contributed by atoms with Gasteiger partial charge in [0.05, 0.1) is 16.3 Å². The average Bonchev–Trinajstić information content (AvgIpc) is 2.96. The fraction of sp³-hybridized carbons (Fsp3) is 0.353. The van der Waals surface area contributed by atoms with Gasteiger partial charge in [0, 0.05) is 16.5 Å². The van der Waals surface area contributed by atoms with Gasteiger partial charge in [-0.15, -0.1) is 11.3 Å². The van der Waals surface area contributed by atoms with E-state index in [0.29, 0.717) is 35.8 Å². The fourth-order valence-corrected chi connectivity index (χ4v) is 4.35. The molecule has 7 heteroatoms. The number of hydrogen-bond donors (Lipinski definition) is 1. The van der Waals surface area contributed by atoms with Gasteiger partial charge in [-0.1, -0.05) is 17.7 Å². The fourth-order valence-electron chi connectivity index (χ4n) is 3.13. The van der Waals surface area contributed by atoms with Crippen LogP contribution in [0.5, 0.6) is 0 Å². The maximum Gasteiger partial charge on any atom is 0.306 e. The smallest absolute Gasteiger partial charge is 0.306 e. The highest BCUT2D eigenvalue weighted by Crippen LogP contribution is 2.38. The summed E-state index contributed by atoms with van der Waals surface area (Å²) in [5.41, 5.74) is 0.378. The highest BCUT2D eigenvalue weighted by molar-refractivity contribution is 7.16. The second-order valence-electron chi connectivity index (χ2n) is 5.86. The van der Waals surface area contributed by atoms with E-state index in [2.05, 4.69) is 0 Å². The third-order valence-corrected chi connectivity index (χ3v) is 5.65. The van der Waals surface area contributed by atoms with Crippen LogP contribution in [0, 0.1) is 17.6 Å². The Bertz CT molecular complexity index is 744. The van der Waals surface area contributed by atoms with E-state index in [1.165, 1.54) is 23.5 Å². The van der Waals surface area contributed by atoms with E-state index in [1.54, 1.807) is 6.07 Å². The first-order chi connectivity index (χ1) is 11.5. The summed E-state index contributed by atoms with van der Waals surface area (Å²) in [6.45, 7) is 1.07. The zero-order chi connectivity index (χ0) is 17.3. The van der Waals surface area contributed by atoms with Gasteiger partial charge in [-0.05, 0) is 44.1 Å². The summed E-state index contributed by atoms with van der Waals surface area (Å²) < 4.78 is 28.2. The summed E-state index contributed by atoms with van der Waals surface area (Å²) in [5, 5.41) is 9.14. The Morgan fingerprint density at radius 2 is 1.96 bits per heavy atom. The minimum Gasteiger partial charge on any atom is -0.481 e. The predicted molar refractivity (Wildman–Crippen MR) is 89.5 cm³/mol. The van der Waals surface area contributed by atoms with Crippen LogP contribution < -0.4 is 0 Å². The first kappa shape index (κ1) is 17.3. The van der Waals surface area contributed by atoms with Gasteiger partial charge in [-0.3, -0.25) is 9.69 Å². The van der Waals surface area contributed by atoms with Crippen molar-refractivity contribution in [2.75, 3.05) is 13.1 Å². The molecule has 2 aromatic rings. The molecule has 1 aromatic carbocycles. The number of carbonyl (C=O) groups is 1. The van der Waals surface area contributed by atoms with Gasteiger partial charge in [0.1, 0.15) is 11.6 Å². The first-order valence-electron chi connectivity index (χ1n) is 7.62. The van der Waals surface area contributed by atoms with Crippen molar-refractivity contribution in [3.05, 3.63) is 56.7 Å². The van der Waals surface area contributed by atoms with E-state index >= 15 is 0 Å². The number of thiophene rings is 1. The van der Waals surface area contributed by atoms with Gasteiger partial charge < -0.3 is 5.11 Å². The molecule has 1 atom stereocenters. The standard InChI is InChI=1S/C17H16ClF2NO2S/c18-15-4-3-14(24-15)16(12-2-1-11(19)9-13(12)20)21-7-5-10(6-8-21)17(22)23/h1-4,9-10,16H,5-8H2,(H,22,23). The molecule has 2 heterocycles. The predicted octanol–water partition coefficient (Wildman–Crippen LogP) is 4.57. The maximum absolute atomic E-state index is 14.4. The second-order valence-corrected chi connectivity index (χ2v) is 7.61. The molecule has 3 rings (SSSR count). The molecule has 1 aliphatic rings. The number of nitrogens with zero attached hydrogens (tertiary/aromatic N) is 1.